The molecule has 0 unspecified atom stereocenters. The van der Waals surface area contributed by atoms with Crippen molar-refractivity contribution < 1.29 is 8.42 Å². The summed E-state index contributed by atoms with van der Waals surface area (Å²) in [5.74, 6) is 0. The van der Waals surface area contributed by atoms with Gasteiger partial charge in [-0.3, -0.25) is 0 Å². The Labute approximate surface area is 79.1 Å². The highest BCUT2D eigenvalue weighted by Crippen LogP contribution is 2.00. The van der Waals surface area contributed by atoms with Crippen molar-refractivity contribution in [3.05, 3.63) is 42.0 Å². The third-order valence-corrected chi connectivity index (χ3v) is 1.94. The zero-order chi connectivity index (χ0) is 9.52. The standard InChI is InChI=1S/C10H10O2S/c11-13(12)9-5-4-8-10-6-2-1-3-7-10/h1-4,6-9H,5H2/b8-4+. The molecule has 1 aromatic carbocycles. The van der Waals surface area contributed by atoms with Crippen molar-refractivity contribution >= 4 is 21.7 Å². The second-order valence-corrected chi connectivity index (χ2v) is 3.33. The monoisotopic (exact) mass is 194 g/mol. The topological polar surface area (TPSA) is 34.1 Å². The summed E-state index contributed by atoms with van der Waals surface area (Å²) in [6, 6.07) is 9.75. The number of benzene rings is 1. The molecular weight excluding hydrogens is 184 g/mol. The van der Waals surface area contributed by atoms with Gasteiger partial charge in [0.2, 0.25) is 10.3 Å². The zero-order valence-electron chi connectivity index (χ0n) is 7.05. The second-order valence-electron chi connectivity index (χ2n) is 2.48. The maximum Gasteiger partial charge on any atom is 0.210 e. The molecule has 0 aliphatic heterocycles. The largest absolute Gasteiger partial charge is 0.210 e. The van der Waals surface area contributed by atoms with Gasteiger partial charge in [0, 0.05) is 5.37 Å². The summed E-state index contributed by atoms with van der Waals surface area (Å²) in [5, 5.41) is 1.22. The van der Waals surface area contributed by atoms with E-state index in [4.69, 9.17) is 0 Å². The molecule has 0 aromatic heterocycles. The van der Waals surface area contributed by atoms with E-state index in [1.54, 1.807) is 0 Å². The van der Waals surface area contributed by atoms with Gasteiger partial charge < -0.3 is 0 Å². The summed E-state index contributed by atoms with van der Waals surface area (Å²) in [4.78, 5) is 0. The van der Waals surface area contributed by atoms with Gasteiger partial charge in [0.25, 0.3) is 0 Å². The van der Waals surface area contributed by atoms with E-state index >= 15 is 0 Å². The number of rotatable bonds is 3. The lowest BCUT2D eigenvalue weighted by atomic mass is 10.2. The van der Waals surface area contributed by atoms with Crippen LogP contribution in [0.2, 0.25) is 0 Å². The molecule has 68 valence electrons. The molecule has 0 atom stereocenters. The van der Waals surface area contributed by atoms with Crippen LogP contribution in [-0.2, 0) is 10.3 Å². The molecule has 0 saturated heterocycles. The van der Waals surface area contributed by atoms with Gasteiger partial charge in [-0.2, -0.15) is 8.42 Å². The SMILES string of the molecule is O=S(=O)=CC/C=C/c1ccccc1. The molecule has 0 bridgehead atoms. The predicted octanol–water partition coefficient (Wildman–Crippen LogP) is 1.77. The molecule has 3 heteroatoms. The molecule has 0 aliphatic rings. The Morgan fingerprint density at radius 1 is 1.15 bits per heavy atom. The summed E-state index contributed by atoms with van der Waals surface area (Å²) in [6.45, 7) is 0. The van der Waals surface area contributed by atoms with E-state index in [1.165, 1.54) is 5.37 Å². The van der Waals surface area contributed by atoms with E-state index in [-0.39, 0.29) is 0 Å². The van der Waals surface area contributed by atoms with E-state index in [9.17, 15) is 8.42 Å². The Hall–Kier alpha value is -1.35. The molecule has 0 spiro atoms. The maximum absolute atomic E-state index is 10.1. The highest BCUT2D eigenvalue weighted by molar-refractivity contribution is 7.71. The predicted molar refractivity (Wildman–Crippen MR) is 55.1 cm³/mol. The van der Waals surface area contributed by atoms with Gasteiger partial charge in [-0.1, -0.05) is 42.5 Å². The van der Waals surface area contributed by atoms with Crippen LogP contribution in [0.3, 0.4) is 0 Å². The van der Waals surface area contributed by atoms with Crippen molar-refractivity contribution in [2.45, 2.75) is 6.42 Å². The Balaban J connectivity index is 2.55. The van der Waals surface area contributed by atoms with E-state index in [0.29, 0.717) is 6.42 Å². The van der Waals surface area contributed by atoms with E-state index < -0.39 is 10.3 Å². The van der Waals surface area contributed by atoms with Crippen LogP contribution in [-0.4, -0.2) is 13.8 Å². The van der Waals surface area contributed by atoms with Gasteiger partial charge in [-0.25, -0.2) is 0 Å². The highest BCUT2D eigenvalue weighted by atomic mass is 32.2. The van der Waals surface area contributed by atoms with Crippen molar-refractivity contribution in [1.29, 1.82) is 0 Å². The van der Waals surface area contributed by atoms with Gasteiger partial charge in [0.05, 0.1) is 0 Å². The van der Waals surface area contributed by atoms with Crippen molar-refractivity contribution in [1.82, 2.24) is 0 Å². The lowest BCUT2D eigenvalue weighted by Gasteiger charge is -1.88. The summed E-state index contributed by atoms with van der Waals surface area (Å²) >= 11 is 0. The Morgan fingerprint density at radius 2 is 1.85 bits per heavy atom. The minimum Gasteiger partial charge on any atom is -0.185 e. The molecular formula is C10H10O2S. The molecule has 1 aromatic rings. The van der Waals surface area contributed by atoms with Crippen LogP contribution in [0.1, 0.15) is 12.0 Å². The first-order chi connectivity index (χ1) is 6.29. The van der Waals surface area contributed by atoms with Crippen LogP contribution >= 0.6 is 0 Å². The quantitative estimate of drug-likeness (QED) is 0.687. The van der Waals surface area contributed by atoms with E-state index in [2.05, 4.69) is 0 Å². The Morgan fingerprint density at radius 3 is 2.46 bits per heavy atom. The fraction of sp³-hybridized carbons (Fsp3) is 0.100. The van der Waals surface area contributed by atoms with Gasteiger partial charge >= 0.3 is 0 Å². The van der Waals surface area contributed by atoms with Crippen LogP contribution in [0.5, 0.6) is 0 Å². The first kappa shape index (κ1) is 9.74. The third-order valence-electron chi connectivity index (χ3n) is 1.48. The fourth-order valence-corrected chi connectivity index (χ4v) is 1.17. The van der Waals surface area contributed by atoms with Crippen molar-refractivity contribution in [2.24, 2.45) is 0 Å². The van der Waals surface area contributed by atoms with Crippen molar-refractivity contribution in [3.8, 4) is 0 Å². The number of hydrogen-bond donors (Lipinski definition) is 0. The van der Waals surface area contributed by atoms with Crippen LogP contribution in [0.4, 0.5) is 0 Å². The van der Waals surface area contributed by atoms with Gasteiger partial charge in [-0.05, 0) is 12.0 Å². The molecule has 0 radical (unpaired) electrons. The molecule has 0 amide bonds. The Bertz CT molecular complexity index is 394. The lowest BCUT2D eigenvalue weighted by Crippen LogP contribution is -1.72. The third kappa shape index (κ3) is 4.28. The summed E-state index contributed by atoms with van der Waals surface area (Å²) in [7, 11) is -2.05. The van der Waals surface area contributed by atoms with Crippen LogP contribution in [0.15, 0.2) is 36.4 Å². The normalized spacial score (nSPS) is 10.2. The van der Waals surface area contributed by atoms with E-state index in [0.717, 1.165) is 5.56 Å². The molecule has 0 N–H and O–H groups in total. The molecule has 0 fully saturated rings. The summed E-state index contributed by atoms with van der Waals surface area (Å²) in [6.07, 6.45) is 4.15. The average molecular weight is 194 g/mol. The van der Waals surface area contributed by atoms with Crippen LogP contribution < -0.4 is 0 Å². The van der Waals surface area contributed by atoms with Crippen LogP contribution in [0, 0.1) is 0 Å². The first-order valence-electron chi connectivity index (χ1n) is 3.92. The first-order valence-corrected chi connectivity index (χ1v) is 5.06. The van der Waals surface area contributed by atoms with E-state index in [1.807, 2.05) is 42.5 Å². The second kappa shape index (κ2) is 5.32. The smallest absolute Gasteiger partial charge is 0.185 e. The lowest BCUT2D eigenvalue weighted by molar-refractivity contribution is 0.627. The summed E-state index contributed by atoms with van der Waals surface area (Å²) < 4.78 is 20.2. The van der Waals surface area contributed by atoms with Crippen molar-refractivity contribution in [2.75, 3.05) is 0 Å². The molecule has 1 rings (SSSR count). The summed E-state index contributed by atoms with van der Waals surface area (Å²) in [5.41, 5.74) is 1.08. The fourth-order valence-electron chi connectivity index (χ4n) is 0.902. The zero-order valence-corrected chi connectivity index (χ0v) is 7.87. The van der Waals surface area contributed by atoms with Crippen molar-refractivity contribution in [3.63, 3.8) is 0 Å². The van der Waals surface area contributed by atoms with Crippen LogP contribution in [0.25, 0.3) is 6.08 Å². The maximum atomic E-state index is 10.1. The minimum atomic E-state index is -2.05. The van der Waals surface area contributed by atoms with Gasteiger partial charge in [-0.15, -0.1) is 0 Å². The molecule has 0 aliphatic carbocycles. The Kier molecular flexibility index (Phi) is 3.99. The number of allylic oxidation sites excluding steroid dienone is 1. The van der Waals surface area contributed by atoms with Gasteiger partial charge in [0.15, 0.2) is 0 Å². The number of hydrogen-bond acceptors (Lipinski definition) is 2. The molecule has 2 nitrogen and oxygen atoms in total. The van der Waals surface area contributed by atoms with Gasteiger partial charge in [0.1, 0.15) is 0 Å². The average Bonchev–Trinajstić information content (AvgIpc) is 2.14. The highest BCUT2D eigenvalue weighted by Gasteiger charge is 1.80. The minimum absolute atomic E-state index is 0.449. The molecule has 0 heterocycles. The molecule has 13 heavy (non-hydrogen) atoms. The molecule has 0 saturated carbocycles.